The summed E-state index contributed by atoms with van der Waals surface area (Å²) in [6.45, 7) is -0.00426. The molecular formula is C21H13FN4O5S. The van der Waals surface area contributed by atoms with Crippen LogP contribution in [0.1, 0.15) is 5.56 Å². The molecule has 32 heavy (non-hydrogen) atoms. The van der Waals surface area contributed by atoms with Gasteiger partial charge in [0.2, 0.25) is 11.6 Å². The third-order valence-electron chi connectivity index (χ3n) is 4.54. The lowest BCUT2D eigenvalue weighted by Crippen LogP contribution is -2.11. The first-order valence-corrected chi connectivity index (χ1v) is 10.1. The van der Waals surface area contributed by atoms with Gasteiger partial charge >= 0.3 is 0 Å². The number of nitro groups is 1. The Morgan fingerprint density at radius 1 is 1.16 bits per heavy atom. The van der Waals surface area contributed by atoms with Crippen LogP contribution >= 0.6 is 11.3 Å². The van der Waals surface area contributed by atoms with Crippen molar-refractivity contribution in [1.82, 2.24) is 4.68 Å². The summed E-state index contributed by atoms with van der Waals surface area (Å²) in [6, 6.07) is 12.0. The molecule has 2 aromatic heterocycles. The number of hydrogen-bond donors (Lipinski definition) is 0. The summed E-state index contributed by atoms with van der Waals surface area (Å²) < 4.78 is 30.8. The third kappa shape index (κ3) is 3.76. The van der Waals surface area contributed by atoms with Gasteiger partial charge < -0.3 is 13.9 Å². The molecule has 0 amide bonds. The highest BCUT2D eigenvalue weighted by atomic mass is 32.1. The van der Waals surface area contributed by atoms with Crippen LogP contribution in [0.3, 0.4) is 0 Å². The molecule has 0 spiro atoms. The van der Waals surface area contributed by atoms with Gasteiger partial charge in [-0.1, -0.05) is 0 Å². The molecule has 1 aliphatic heterocycles. The maximum atomic E-state index is 13.2. The van der Waals surface area contributed by atoms with Crippen LogP contribution in [0, 0.1) is 15.9 Å². The Morgan fingerprint density at radius 3 is 2.66 bits per heavy atom. The van der Waals surface area contributed by atoms with Crippen LogP contribution in [-0.2, 0) is 0 Å². The van der Waals surface area contributed by atoms with E-state index < -0.39 is 4.92 Å². The van der Waals surface area contributed by atoms with Crippen molar-refractivity contribution in [2.45, 2.75) is 0 Å². The molecule has 1 aliphatic rings. The van der Waals surface area contributed by atoms with Crippen LogP contribution in [0.25, 0.3) is 11.5 Å². The highest BCUT2D eigenvalue weighted by Crippen LogP contribution is 2.37. The fraction of sp³-hybridized carbons (Fsp3) is 0.0476. The molecule has 4 aromatic rings. The number of thiazole rings is 1. The highest BCUT2D eigenvalue weighted by Gasteiger charge is 2.22. The van der Waals surface area contributed by atoms with Crippen molar-refractivity contribution in [3.63, 3.8) is 0 Å². The Morgan fingerprint density at radius 2 is 1.94 bits per heavy atom. The van der Waals surface area contributed by atoms with Crippen molar-refractivity contribution < 1.29 is 23.2 Å². The van der Waals surface area contributed by atoms with Crippen molar-refractivity contribution >= 4 is 28.9 Å². The van der Waals surface area contributed by atoms with E-state index in [1.807, 2.05) is 0 Å². The van der Waals surface area contributed by atoms with Gasteiger partial charge in [-0.3, -0.25) is 10.1 Å². The number of ether oxygens (including phenoxy) is 2. The maximum absolute atomic E-state index is 13.2. The molecule has 0 bridgehead atoms. The zero-order chi connectivity index (χ0) is 22.1. The lowest BCUT2D eigenvalue weighted by molar-refractivity contribution is -0.385. The number of furan rings is 1. The topological polar surface area (TPSA) is 104 Å². The second kappa shape index (κ2) is 8.12. The number of fused-ring (bicyclic) bond motifs is 1. The second-order valence-corrected chi connectivity index (χ2v) is 7.38. The Bertz CT molecular complexity index is 1390. The minimum absolute atomic E-state index is 0.00426. The second-order valence-electron chi connectivity index (χ2n) is 6.55. The van der Waals surface area contributed by atoms with E-state index in [-0.39, 0.29) is 23.9 Å². The lowest BCUT2D eigenvalue weighted by Gasteiger charge is -2.03. The van der Waals surface area contributed by atoms with Gasteiger partial charge in [0.1, 0.15) is 11.5 Å². The van der Waals surface area contributed by atoms with Crippen molar-refractivity contribution in [3.8, 4) is 23.0 Å². The van der Waals surface area contributed by atoms with Crippen LogP contribution in [0.4, 0.5) is 15.8 Å². The summed E-state index contributed by atoms with van der Waals surface area (Å²) in [5, 5.41) is 17.8. The van der Waals surface area contributed by atoms with Crippen LogP contribution in [0.15, 0.2) is 74.7 Å². The molecule has 0 N–H and O–H groups in total. The predicted octanol–water partition coefficient (Wildman–Crippen LogP) is 4.70. The molecule has 0 saturated carbocycles. The van der Waals surface area contributed by atoms with Gasteiger partial charge in [-0.25, -0.2) is 14.1 Å². The number of halogens is 1. The highest BCUT2D eigenvalue weighted by molar-refractivity contribution is 7.07. The summed E-state index contributed by atoms with van der Waals surface area (Å²) in [5.74, 6) is 0.877. The minimum atomic E-state index is -0.515. The van der Waals surface area contributed by atoms with E-state index in [0.29, 0.717) is 33.4 Å². The van der Waals surface area contributed by atoms with E-state index in [2.05, 4.69) is 10.1 Å². The molecule has 0 fully saturated rings. The fourth-order valence-electron chi connectivity index (χ4n) is 3.04. The predicted molar refractivity (Wildman–Crippen MR) is 114 cm³/mol. The van der Waals surface area contributed by atoms with Crippen LogP contribution in [-0.4, -0.2) is 22.6 Å². The maximum Gasteiger partial charge on any atom is 0.282 e. The summed E-state index contributed by atoms with van der Waals surface area (Å²) in [4.78, 5) is 16.0. The number of aromatic nitrogens is 1. The van der Waals surface area contributed by atoms with E-state index in [1.165, 1.54) is 52.8 Å². The standard InChI is InChI=1S/C21H13FN4O5S/c22-14-3-5-15(6-4-14)24-21-25(17(11-32-21)18-2-1-7-29-18)23-10-13-8-19-20(31-12-30-19)9-16(13)26(27)28/h1-11H,12H2. The molecular weight excluding hydrogens is 439 g/mol. The van der Waals surface area contributed by atoms with Gasteiger partial charge in [0.05, 0.1) is 34.7 Å². The van der Waals surface area contributed by atoms with Crippen molar-refractivity contribution in [3.05, 3.63) is 86.5 Å². The van der Waals surface area contributed by atoms with E-state index >= 15 is 0 Å². The molecule has 5 rings (SSSR count). The van der Waals surface area contributed by atoms with E-state index in [9.17, 15) is 14.5 Å². The number of rotatable bonds is 5. The average molecular weight is 452 g/mol. The molecule has 9 nitrogen and oxygen atoms in total. The lowest BCUT2D eigenvalue weighted by atomic mass is 10.1. The average Bonchev–Trinajstić information content (AvgIpc) is 3.54. The summed E-state index contributed by atoms with van der Waals surface area (Å²) >= 11 is 1.29. The molecule has 0 aliphatic carbocycles. The van der Waals surface area contributed by atoms with Crippen molar-refractivity contribution in [2.24, 2.45) is 10.1 Å². The van der Waals surface area contributed by atoms with Gasteiger partial charge in [0, 0.05) is 5.38 Å². The monoisotopic (exact) mass is 452 g/mol. The summed E-state index contributed by atoms with van der Waals surface area (Å²) in [5.41, 5.74) is 1.18. The fourth-order valence-corrected chi connectivity index (χ4v) is 3.87. The van der Waals surface area contributed by atoms with Gasteiger partial charge in [-0.2, -0.15) is 5.10 Å². The number of nitro benzene ring substituents is 1. The summed E-state index contributed by atoms with van der Waals surface area (Å²) in [7, 11) is 0. The minimum Gasteiger partial charge on any atom is -0.463 e. The first-order chi connectivity index (χ1) is 15.6. The normalized spacial score (nSPS) is 13.2. The van der Waals surface area contributed by atoms with Crippen LogP contribution < -0.4 is 14.3 Å². The Hall–Kier alpha value is -4.25. The first-order valence-electron chi connectivity index (χ1n) is 9.25. The van der Waals surface area contributed by atoms with Crippen molar-refractivity contribution in [1.29, 1.82) is 0 Å². The Kier molecular flexibility index (Phi) is 5.00. The molecule has 0 radical (unpaired) electrons. The molecule has 3 heterocycles. The van der Waals surface area contributed by atoms with E-state index in [0.717, 1.165) is 0 Å². The number of nitrogens with zero attached hydrogens (tertiary/aromatic N) is 4. The Balaban J connectivity index is 1.63. The zero-order valence-electron chi connectivity index (χ0n) is 16.2. The third-order valence-corrected chi connectivity index (χ3v) is 5.36. The smallest absolute Gasteiger partial charge is 0.282 e. The SMILES string of the molecule is O=[N+]([O-])c1cc2c(cc1C=Nn1c(-c3ccco3)csc1=Nc1ccc(F)cc1)OCO2. The number of benzene rings is 2. The van der Waals surface area contributed by atoms with Gasteiger partial charge in [0.15, 0.2) is 17.3 Å². The number of hydrogen-bond acceptors (Lipinski definition) is 8. The van der Waals surface area contributed by atoms with Crippen LogP contribution in [0.2, 0.25) is 0 Å². The van der Waals surface area contributed by atoms with Gasteiger partial charge in [-0.05, 0) is 42.5 Å². The molecule has 2 aromatic carbocycles. The first kappa shape index (κ1) is 19.7. The van der Waals surface area contributed by atoms with Gasteiger partial charge in [-0.15, -0.1) is 11.3 Å². The van der Waals surface area contributed by atoms with E-state index in [4.69, 9.17) is 13.9 Å². The Labute approximate surface area is 183 Å². The quantitative estimate of drug-likeness (QED) is 0.248. The molecule has 0 saturated heterocycles. The summed E-state index contributed by atoms with van der Waals surface area (Å²) in [6.07, 6.45) is 2.88. The molecule has 11 heteroatoms. The van der Waals surface area contributed by atoms with E-state index in [1.54, 1.807) is 29.6 Å². The molecule has 0 atom stereocenters. The zero-order valence-corrected chi connectivity index (χ0v) is 17.0. The molecule has 0 unspecified atom stereocenters. The van der Waals surface area contributed by atoms with Crippen LogP contribution in [0.5, 0.6) is 11.5 Å². The molecule has 160 valence electrons. The van der Waals surface area contributed by atoms with Crippen molar-refractivity contribution in [2.75, 3.05) is 6.79 Å². The van der Waals surface area contributed by atoms with Gasteiger partial charge in [0.25, 0.3) is 5.69 Å². The largest absolute Gasteiger partial charge is 0.463 e.